The Morgan fingerprint density at radius 2 is 2.11 bits per heavy atom. The Morgan fingerprint density at radius 3 is 2.89 bits per heavy atom. The Kier molecular flexibility index (Phi) is 4.34. The average molecular weight is 258 g/mol. The van der Waals surface area contributed by atoms with E-state index in [-0.39, 0.29) is 11.8 Å². The molecule has 1 saturated heterocycles. The smallest absolute Gasteiger partial charge is 0.246 e. The third-order valence-corrected chi connectivity index (χ3v) is 3.22. The lowest BCUT2D eigenvalue weighted by molar-refractivity contribution is -0.125. The van der Waals surface area contributed by atoms with E-state index in [2.05, 4.69) is 5.32 Å². The van der Waals surface area contributed by atoms with E-state index in [1.165, 1.54) is 0 Å². The van der Waals surface area contributed by atoms with Crippen LogP contribution in [0.5, 0.6) is 0 Å². The van der Waals surface area contributed by atoms with E-state index in [9.17, 15) is 9.59 Å². The highest BCUT2D eigenvalue weighted by molar-refractivity contribution is 5.92. The van der Waals surface area contributed by atoms with Crippen molar-refractivity contribution in [2.24, 2.45) is 0 Å². The number of carbonyl (C=O) groups is 2. The summed E-state index contributed by atoms with van der Waals surface area (Å²) in [6.45, 7) is 3.60. The quantitative estimate of drug-likeness (QED) is 0.814. The van der Waals surface area contributed by atoms with Crippen LogP contribution in [0.2, 0.25) is 0 Å². The summed E-state index contributed by atoms with van der Waals surface area (Å²) in [5.74, 6) is -0.0297. The van der Waals surface area contributed by atoms with E-state index in [4.69, 9.17) is 0 Å². The van der Waals surface area contributed by atoms with Gasteiger partial charge in [0.2, 0.25) is 11.8 Å². The van der Waals surface area contributed by atoms with Gasteiger partial charge in [0.1, 0.15) is 0 Å². The number of carbonyl (C=O) groups excluding carboxylic acids is 2. The predicted molar refractivity (Wildman–Crippen MR) is 74.4 cm³/mol. The largest absolute Gasteiger partial charge is 0.354 e. The van der Waals surface area contributed by atoms with Gasteiger partial charge < -0.3 is 10.2 Å². The van der Waals surface area contributed by atoms with Crippen LogP contribution >= 0.6 is 0 Å². The zero-order chi connectivity index (χ0) is 13.7. The topological polar surface area (TPSA) is 49.4 Å². The lowest BCUT2D eigenvalue weighted by atomic mass is 10.1. The summed E-state index contributed by atoms with van der Waals surface area (Å²) in [5, 5.41) is 2.76. The highest BCUT2D eigenvalue weighted by Gasteiger charge is 2.16. The third kappa shape index (κ3) is 3.68. The maximum atomic E-state index is 12.0. The summed E-state index contributed by atoms with van der Waals surface area (Å²) in [6.07, 6.45) is 3.79. The summed E-state index contributed by atoms with van der Waals surface area (Å²) < 4.78 is 0. The SMILES string of the molecule is Cc1ccccc1C=CC(=O)N1CCNC(=O)CC1. The van der Waals surface area contributed by atoms with Gasteiger partial charge in [-0.1, -0.05) is 24.3 Å². The summed E-state index contributed by atoms with van der Waals surface area (Å²) in [4.78, 5) is 25.0. The highest BCUT2D eigenvalue weighted by atomic mass is 16.2. The van der Waals surface area contributed by atoms with Gasteiger partial charge >= 0.3 is 0 Å². The summed E-state index contributed by atoms with van der Waals surface area (Å²) in [7, 11) is 0. The number of nitrogens with zero attached hydrogens (tertiary/aromatic N) is 1. The fourth-order valence-corrected chi connectivity index (χ4v) is 2.03. The van der Waals surface area contributed by atoms with Gasteiger partial charge in [0.05, 0.1) is 0 Å². The Morgan fingerprint density at radius 1 is 1.32 bits per heavy atom. The Labute approximate surface area is 113 Å². The van der Waals surface area contributed by atoms with Gasteiger partial charge in [0, 0.05) is 32.1 Å². The predicted octanol–water partition coefficient (Wildman–Crippen LogP) is 1.36. The first kappa shape index (κ1) is 13.3. The Balaban J connectivity index is 2.00. The van der Waals surface area contributed by atoms with Crippen LogP contribution < -0.4 is 5.32 Å². The molecule has 0 spiro atoms. The van der Waals surface area contributed by atoms with Gasteiger partial charge in [-0.15, -0.1) is 0 Å². The van der Waals surface area contributed by atoms with Crippen LogP contribution in [-0.4, -0.2) is 36.3 Å². The van der Waals surface area contributed by atoms with E-state index < -0.39 is 0 Å². The second-order valence-electron chi connectivity index (χ2n) is 4.62. The molecule has 0 saturated carbocycles. The molecule has 1 heterocycles. The number of nitrogens with one attached hydrogen (secondary N) is 1. The van der Waals surface area contributed by atoms with Gasteiger partial charge in [-0.05, 0) is 24.1 Å². The first-order valence-corrected chi connectivity index (χ1v) is 6.46. The molecule has 0 aromatic heterocycles. The number of aryl methyl sites for hydroxylation is 1. The third-order valence-electron chi connectivity index (χ3n) is 3.22. The minimum atomic E-state index is -0.0419. The fourth-order valence-electron chi connectivity index (χ4n) is 2.03. The van der Waals surface area contributed by atoms with E-state index in [0.717, 1.165) is 11.1 Å². The summed E-state index contributed by atoms with van der Waals surface area (Å²) in [6, 6.07) is 7.91. The average Bonchev–Trinajstić information content (AvgIpc) is 2.62. The van der Waals surface area contributed by atoms with E-state index in [1.54, 1.807) is 11.0 Å². The van der Waals surface area contributed by atoms with Gasteiger partial charge in [-0.2, -0.15) is 0 Å². The second kappa shape index (κ2) is 6.18. The van der Waals surface area contributed by atoms with E-state index in [1.807, 2.05) is 37.3 Å². The molecule has 1 aromatic rings. The summed E-state index contributed by atoms with van der Waals surface area (Å²) in [5.41, 5.74) is 2.18. The molecular weight excluding hydrogens is 240 g/mol. The van der Waals surface area contributed by atoms with Crippen LogP contribution in [0.1, 0.15) is 17.5 Å². The maximum absolute atomic E-state index is 12.0. The molecule has 0 aliphatic carbocycles. The zero-order valence-electron chi connectivity index (χ0n) is 11.1. The number of benzene rings is 1. The molecule has 0 atom stereocenters. The molecule has 4 nitrogen and oxygen atoms in total. The zero-order valence-corrected chi connectivity index (χ0v) is 11.1. The molecule has 1 aliphatic heterocycles. The number of hydrogen-bond donors (Lipinski definition) is 1. The molecule has 0 unspecified atom stereocenters. The number of amides is 2. The van der Waals surface area contributed by atoms with Crippen molar-refractivity contribution in [1.82, 2.24) is 10.2 Å². The molecule has 2 rings (SSSR count). The molecule has 1 aliphatic rings. The van der Waals surface area contributed by atoms with Crippen molar-refractivity contribution in [1.29, 1.82) is 0 Å². The molecule has 1 fully saturated rings. The first-order chi connectivity index (χ1) is 9.16. The van der Waals surface area contributed by atoms with Crippen LogP contribution in [0.4, 0.5) is 0 Å². The Hall–Kier alpha value is -2.10. The minimum Gasteiger partial charge on any atom is -0.354 e. The molecule has 0 radical (unpaired) electrons. The van der Waals surface area contributed by atoms with Crippen LogP contribution in [0.25, 0.3) is 6.08 Å². The monoisotopic (exact) mass is 258 g/mol. The van der Waals surface area contributed by atoms with Crippen molar-refractivity contribution in [3.05, 3.63) is 41.5 Å². The van der Waals surface area contributed by atoms with Gasteiger partial charge in [0.25, 0.3) is 0 Å². The molecule has 0 bridgehead atoms. The van der Waals surface area contributed by atoms with Crippen LogP contribution in [0.15, 0.2) is 30.3 Å². The van der Waals surface area contributed by atoms with Gasteiger partial charge in [0.15, 0.2) is 0 Å². The summed E-state index contributed by atoms with van der Waals surface area (Å²) >= 11 is 0. The van der Waals surface area contributed by atoms with Crippen molar-refractivity contribution in [3.63, 3.8) is 0 Å². The number of rotatable bonds is 2. The molecule has 1 aromatic carbocycles. The van der Waals surface area contributed by atoms with Crippen molar-refractivity contribution >= 4 is 17.9 Å². The Bertz CT molecular complexity index is 509. The molecule has 100 valence electrons. The van der Waals surface area contributed by atoms with Crippen LogP contribution in [0, 0.1) is 6.92 Å². The second-order valence-corrected chi connectivity index (χ2v) is 4.62. The van der Waals surface area contributed by atoms with E-state index in [0.29, 0.717) is 26.1 Å². The van der Waals surface area contributed by atoms with Crippen molar-refractivity contribution in [3.8, 4) is 0 Å². The first-order valence-electron chi connectivity index (χ1n) is 6.46. The molecule has 1 N–H and O–H groups in total. The fraction of sp³-hybridized carbons (Fsp3) is 0.333. The number of hydrogen-bond acceptors (Lipinski definition) is 2. The van der Waals surface area contributed by atoms with Crippen molar-refractivity contribution in [2.75, 3.05) is 19.6 Å². The van der Waals surface area contributed by atoms with Crippen molar-refractivity contribution in [2.45, 2.75) is 13.3 Å². The molecule has 19 heavy (non-hydrogen) atoms. The highest BCUT2D eigenvalue weighted by Crippen LogP contribution is 2.09. The van der Waals surface area contributed by atoms with E-state index >= 15 is 0 Å². The minimum absolute atomic E-state index is 0.0122. The van der Waals surface area contributed by atoms with Crippen molar-refractivity contribution < 1.29 is 9.59 Å². The molecule has 4 heteroatoms. The van der Waals surface area contributed by atoms with Gasteiger partial charge in [-0.3, -0.25) is 9.59 Å². The van der Waals surface area contributed by atoms with Crippen LogP contribution in [0.3, 0.4) is 0 Å². The van der Waals surface area contributed by atoms with Crippen LogP contribution in [-0.2, 0) is 9.59 Å². The van der Waals surface area contributed by atoms with Gasteiger partial charge in [-0.25, -0.2) is 0 Å². The maximum Gasteiger partial charge on any atom is 0.246 e. The lowest BCUT2D eigenvalue weighted by Gasteiger charge is -2.17. The normalized spacial score (nSPS) is 16.3. The molecular formula is C15H18N2O2. The standard InChI is InChI=1S/C15H18N2O2/c1-12-4-2-3-5-13(12)6-7-15(19)17-10-8-14(18)16-9-11-17/h2-7H,8-11H2,1H3,(H,16,18). The lowest BCUT2D eigenvalue weighted by Crippen LogP contribution is -2.32. The molecule has 2 amide bonds.